The van der Waals surface area contributed by atoms with Crippen LogP contribution in [-0.2, 0) is 20.0 Å². The summed E-state index contributed by atoms with van der Waals surface area (Å²) in [6, 6.07) is 15.6. The smallest absolute Gasteiger partial charge is 0.262 e. The van der Waals surface area contributed by atoms with Gasteiger partial charge in [-0.25, -0.2) is 16.8 Å². The minimum atomic E-state index is -3.83. The lowest BCUT2D eigenvalue weighted by atomic mass is 10.1. The molecular weight excluding hydrogens is 436 g/mol. The first-order chi connectivity index (χ1) is 14.5. The molecule has 0 heterocycles. The lowest BCUT2D eigenvalue weighted by Crippen LogP contribution is -2.16. The molecular formula is C22H24N2O5S2. The summed E-state index contributed by atoms with van der Waals surface area (Å²) < 4.78 is 61.0. The third-order valence-electron chi connectivity index (χ3n) is 4.63. The number of hydrogen-bond acceptors (Lipinski definition) is 5. The number of anilines is 2. The highest BCUT2D eigenvalue weighted by molar-refractivity contribution is 7.93. The Labute approximate surface area is 183 Å². The van der Waals surface area contributed by atoms with Crippen LogP contribution in [0.2, 0.25) is 0 Å². The van der Waals surface area contributed by atoms with Crippen molar-refractivity contribution in [2.24, 2.45) is 0 Å². The average Bonchev–Trinajstić information content (AvgIpc) is 2.67. The van der Waals surface area contributed by atoms with Crippen molar-refractivity contribution in [2.75, 3.05) is 16.6 Å². The van der Waals surface area contributed by atoms with E-state index in [1.807, 2.05) is 19.1 Å². The van der Waals surface area contributed by atoms with Crippen LogP contribution >= 0.6 is 0 Å². The van der Waals surface area contributed by atoms with Gasteiger partial charge in [-0.2, -0.15) is 0 Å². The fraction of sp³-hybridized carbons (Fsp3) is 0.182. The molecule has 9 heteroatoms. The van der Waals surface area contributed by atoms with Crippen LogP contribution in [0.4, 0.5) is 11.4 Å². The summed E-state index contributed by atoms with van der Waals surface area (Å²) in [4.78, 5) is 0.227. The van der Waals surface area contributed by atoms with Crippen LogP contribution in [0, 0.1) is 20.8 Å². The first-order valence-electron chi connectivity index (χ1n) is 9.39. The van der Waals surface area contributed by atoms with Crippen LogP contribution in [0.5, 0.6) is 5.75 Å². The van der Waals surface area contributed by atoms with Gasteiger partial charge < -0.3 is 4.74 Å². The summed E-state index contributed by atoms with van der Waals surface area (Å²) in [5.41, 5.74) is 2.92. The molecule has 0 saturated heterocycles. The van der Waals surface area contributed by atoms with E-state index in [4.69, 9.17) is 4.74 Å². The Balaban J connectivity index is 1.81. The molecule has 0 amide bonds. The van der Waals surface area contributed by atoms with Crippen molar-refractivity contribution in [3.63, 3.8) is 0 Å². The zero-order chi connectivity index (χ0) is 22.8. The van der Waals surface area contributed by atoms with E-state index in [0.717, 1.165) is 5.56 Å². The molecule has 0 aliphatic heterocycles. The van der Waals surface area contributed by atoms with Crippen LogP contribution in [0.1, 0.15) is 16.7 Å². The third kappa shape index (κ3) is 5.18. The highest BCUT2D eigenvalue weighted by Gasteiger charge is 2.21. The highest BCUT2D eigenvalue weighted by atomic mass is 32.2. The van der Waals surface area contributed by atoms with Crippen LogP contribution in [-0.4, -0.2) is 23.9 Å². The zero-order valence-corrected chi connectivity index (χ0v) is 19.3. The Kier molecular flexibility index (Phi) is 6.28. The minimum absolute atomic E-state index is 0.00830. The SMILES string of the molecule is COc1ccc(NS(=O)(=O)c2ccc(NS(=O)(=O)c3c(C)cc(C)cc3C)cc2)cc1. The van der Waals surface area contributed by atoms with Crippen LogP contribution in [0.3, 0.4) is 0 Å². The van der Waals surface area contributed by atoms with E-state index in [1.54, 1.807) is 38.1 Å². The van der Waals surface area contributed by atoms with Gasteiger partial charge in [0.15, 0.2) is 0 Å². The fourth-order valence-electron chi connectivity index (χ4n) is 3.37. The van der Waals surface area contributed by atoms with Gasteiger partial charge in [0, 0.05) is 11.4 Å². The van der Waals surface area contributed by atoms with Crippen molar-refractivity contribution in [1.82, 2.24) is 0 Å². The molecule has 164 valence electrons. The van der Waals surface area contributed by atoms with Crippen LogP contribution < -0.4 is 14.2 Å². The Hall–Kier alpha value is -3.04. The number of sulfonamides is 2. The molecule has 3 rings (SSSR count). The molecule has 31 heavy (non-hydrogen) atoms. The van der Waals surface area contributed by atoms with E-state index in [2.05, 4.69) is 9.44 Å². The van der Waals surface area contributed by atoms with Gasteiger partial charge in [0.1, 0.15) is 5.75 Å². The normalized spacial score (nSPS) is 11.7. The third-order valence-corrected chi connectivity index (χ3v) is 7.72. The molecule has 7 nitrogen and oxygen atoms in total. The van der Waals surface area contributed by atoms with Gasteiger partial charge in [-0.3, -0.25) is 9.44 Å². The first-order valence-corrected chi connectivity index (χ1v) is 12.4. The van der Waals surface area contributed by atoms with Crippen molar-refractivity contribution >= 4 is 31.4 Å². The average molecular weight is 461 g/mol. The molecule has 0 bridgehead atoms. The van der Waals surface area contributed by atoms with Crippen LogP contribution in [0.25, 0.3) is 0 Å². The lowest BCUT2D eigenvalue weighted by Gasteiger charge is -2.14. The Morgan fingerprint density at radius 3 is 1.61 bits per heavy atom. The van der Waals surface area contributed by atoms with Crippen LogP contribution in [0.15, 0.2) is 70.5 Å². The molecule has 3 aromatic rings. The van der Waals surface area contributed by atoms with E-state index in [0.29, 0.717) is 22.6 Å². The summed E-state index contributed by atoms with van der Waals surface area (Å²) in [5.74, 6) is 0.610. The zero-order valence-electron chi connectivity index (χ0n) is 17.6. The number of ether oxygens (including phenoxy) is 1. The maximum atomic E-state index is 12.9. The maximum absolute atomic E-state index is 12.9. The number of aryl methyl sites for hydroxylation is 3. The van der Waals surface area contributed by atoms with Crippen molar-refractivity contribution in [2.45, 2.75) is 30.6 Å². The van der Waals surface area contributed by atoms with Gasteiger partial charge in [-0.15, -0.1) is 0 Å². The van der Waals surface area contributed by atoms with Crippen molar-refractivity contribution < 1.29 is 21.6 Å². The lowest BCUT2D eigenvalue weighted by molar-refractivity contribution is 0.415. The van der Waals surface area contributed by atoms with Gasteiger partial charge in [0.25, 0.3) is 20.0 Å². The molecule has 0 radical (unpaired) electrons. The number of rotatable bonds is 7. The summed E-state index contributed by atoms with van der Waals surface area (Å²) in [6.45, 7) is 5.40. The topological polar surface area (TPSA) is 102 Å². The first kappa shape index (κ1) is 22.6. The van der Waals surface area contributed by atoms with Crippen molar-refractivity contribution in [3.05, 3.63) is 77.4 Å². The second-order valence-electron chi connectivity index (χ2n) is 7.19. The van der Waals surface area contributed by atoms with E-state index in [9.17, 15) is 16.8 Å². The second kappa shape index (κ2) is 8.60. The maximum Gasteiger partial charge on any atom is 0.262 e. The quantitative estimate of drug-likeness (QED) is 0.550. The van der Waals surface area contributed by atoms with E-state index >= 15 is 0 Å². The van der Waals surface area contributed by atoms with Crippen molar-refractivity contribution in [1.29, 1.82) is 0 Å². The van der Waals surface area contributed by atoms with E-state index in [-0.39, 0.29) is 15.5 Å². The van der Waals surface area contributed by atoms with Gasteiger partial charge in [-0.05, 0) is 80.4 Å². The molecule has 0 saturated carbocycles. The number of methoxy groups -OCH3 is 1. The van der Waals surface area contributed by atoms with Gasteiger partial charge in [0.2, 0.25) is 0 Å². The highest BCUT2D eigenvalue weighted by Crippen LogP contribution is 2.25. The molecule has 0 spiro atoms. The number of hydrogen-bond donors (Lipinski definition) is 2. The molecule has 2 N–H and O–H groups in total. The number of nitrogens with one attached hydrogen (secondary N) is 2. The fourth-order valence-corrected chi connectivity index (χ4v) is 5.94. The van der Waals surface area contributed by atoms with Gasteiger partial charge >= 0.3 is 0 Å². The predicted octanol–water partition coefficient (Wildman–Crippen LogP) is 4.22. The van der Waals surface area contributed by atoms with Crippen molar-refractivity contribution in [3.8, 4) is 5.75 Å². The molecule has 0 atom stereocenters. The summed E-state index contributed by atoms with van der Waals surface area (Å²) in [6.07, 6.45) is 0. The minimum Gasteiger partial charge on any atom is -0.497 e. The molecule has 3 aromatic carbocycles. The van der Waals surface area contributed by atoms with Gasteiger partial charge in [-0.1, -0.05) is 17.7 Å². The Morgan fingerprint density at radius 1 is 0.677 bits per heavy atom. The Morgan fingerprint density at radius 2 is 1.13 bits per heavy atom. The molecule has 0 aliphatic carbocycles. The largest absolute Gasteiger partial charge is 0.497 e. The summed E-state index contributed by atoms with van der Waals surface area (Å²) in [7, 11) is -6.13. The molecule has 0 fully saturated rings. The summed E-state index contributed by atoms with van der Waals surface area (Å²) in [5, 5.41) is 0. The Bertz CT molecular complexity index is 1280. The standard InChI is InChI=1S/C22H24N2O5S2/c1-15-13-16(2)22(17(3)14-15)31(27,28)24-19-7-11-21(12-8-19)30(25,26)23-18-5-9-20(29-4)10-6-18/h5-14,23-24H,1-4H3. The predicted molar refractivity (Wildman–Crippen MR) is 122 cm³/mol. The molecule has 0 aromatic heterocycles. The molecule has 0 unspecified atom stereocenters. The van der Waals surface area contributed by atoms with E-state index in [1.165, 1.54) is 31.4 Å². The second-order valence-corrected chi connectivity index (χ2v) is 10.5. The molecule has 0 aliphatic rings. The monoisotopic (exact) mass is 460 g/mol. The number of benzene rings is 3. The van der Waals surface area contributed by atoms with E-state index < -0.39 is 20.0 Å². The van der Waals surface area contributed by atoms with Gasteiger partial charge in [0.05, 0.1) is 16.9 Å². The summed E-state index contributed by atoms with van der Waals surface area (Å²) >= 11 is 0.